The minimum atomic E-state index is -2.70. The summed E-state index contributed by atoms with van der Waals surface area (Å²) in [7, 11) is 0. The van der Waals surface area contributed by atoms with Gasteiger partial charge in [0, 0.05) is 18.4 Å². The van der Waals surface area contributed by atoms with Gasteiger partial charge in [0.05, 0.1) is 30.1 Å². The molecule has 0 radical (unpaired) electrons. The maximum Gasteiger partial charge on any atom is 0.251 e. The minimum Gasteiger partial charge on any atom is -0.390 e. The van der Waals surface area contributed by atoms with Crippen LogP contribution in [-0.2, 0) is 17.6 Å². The van der Waals surface area contributed by atoms with E-state index in [1.807, 2.05) is 13.0 Å². The van der Waals surface area contributed by atoms with Gasteiger partial charge in [0.2, 0.25) is 12.3 Å². The standard InChI is InChI=1S/C29H34F2N4O3/c1-2-29-11-4-3-6-17-9-10-18-14-23(36)26(21(18)12-17)33-27(38)20-8-5-7-19(13-20)22(15-24(30)31)35(25(37)16-29)28(32)34-29/h5,7-10,12-13,22-24,26,36H,2-4,6,11,14-16H2,1H3,(H2,32,34)(H,33,38)/t22?,23-,26-,29-/m1/s1. The van der Waals surface area contributed by atoms with Gasteiger partial charge in [-0.3, -0.25) is 14.5 Å². The molecule has 6 rings (SSSR count). The fourth-order valence-electron chi connectivity index (χ4n) is 6.14. The maximum absolute atomic E-state index is 13.8. The van der Waals surface area contributed by atoms with E-state index in [1.54, 1.807) is 18.2 Å². The Morgan fingerprint density at radius 1 is 1.21 bits per heavy atom. The smallest absolute Gasteiger partial charge is 0.251 e. The van der Waals surface area contributed by atoms with Crippen LogP contribution < -0.4 is 11.1 Å². The predicted molar refractivity (Wildman–Crippen MR) is 140 cm³/mol. The van der Waals surface area contributed by atoms with E-state index in [0.29, 0.717) is 24.8 Å². The van der Waals surface area contributed by atoms with Crippen LogP contribution in [0.15, 0.2) is 47.5 Å². The lowest BCUT2D eigenvalue weighted by molar-refractivity contribution is -0.132. The first-order valence-corrected chi connectivity index (χ1v) is 13.4. The fraction of sp³-hybridized carbons (Fsp3) is 0.483. The molecule has 6 bridgehead atoms. The summed E-state index contributed by atoms with van der Waals surface area (Å²) in [4.78, 5) is 32.7. The van der Waals surface area contributed by atoms with Crippen molar-refractivity contribution < 1.29 is 23.5 Å². The first kappa shape index (κ1) is 26.3. The van der Waals surface area contributed by atoms with Gasteiger partial charge < -0.3 is 16.2 Å². The van der Waals surface area contributed by atoms with Crippen LogP contribution in [0.5, 0.6) is 0 Å². The summed E-state index contributed by atoms with van der Waals surface area (Å²) in [5.74, 6) is -0.822. The normalized spacial score (nSPS) is 27.7. The second-order valence-corrected chi connectivity index (χ2v) is 10.7. The summed E-state index contributed by atoms with van der Waals surface area (Å²) >= 11 is 0. The quantitative estimate of drug-likeness (QED) is 0.560. The number of nitrogens with one attached hydrogen (secondary N) is 1. The van der Waals surface area contributed by atoms with Gasteiger partial charge in [-0.05, 0) is 60.1 Å². The van der Waals surface area contributed by atoms with Crippen molar-refractivity contribution in [2.75, 3.05) is 0 Å². The number of aliphatic imine (C=N–C) groups is 1. The number of guanidine groups is 1. The topological polar surface area (TPSA) is 108 Å². The Morgan fingerprint density at radius 2 is 2.03 bits per heavy atom. The number of hydrogen-bond acceptors (Lipinski definition) is 5. The second kappa shape index (κ2) is 10.4. The molecule has 2 aromatic rings. The lowest BCUT2D eigenvalue weighted by atomic mass is 9.84. The van der Waals surface area contributed by atoms with E-state index < -0.39 is 42.5 Å². The van der Waals surface area contributed by atoms with Crippen molar-refractivity contribution in [1.82, 2.24) is 10.2 Å². The highest BCUT2D eigenvalue weighted by atomic mass is 19.3. The van der Waals surface area contributed by atoms with Crippen LogP contribution in [-0.4, -0.2) is 45.8 Å². The summed E-state index contributed by atoms with van der Waals surface area (Å²) in [5.41, 5.74) is 9.33. The summed E-state index contributed by atoms with van der Waals surface area (Å²) in [6, 6.07) is 10.8. The highest BCUT2D eigenvalue weighted by Crippen LogP contribution is 2.38. The molecule has 4 atom stereocenters. The number of halogens is 2. The average molecular weight is 525 g/mol. The zero-order valence-corrected chi connectivity index (χ0v) is 21.5. The Kier molecular flexibility index (Phi) is 7.22. The number of carbonyl (C=O) groups excluding carboxylic acids is 2. The summed E-state index contributed by atoms with van der Waals surface area (Å²) in [5, 5.41) is 13.7. The zero-order valence-electron chi connectivity index (χ0n) is 21.5. The fourth-order valence-corrected chi connectivity index (χ4v) is 6.14. The predicted octanol–water partition coefficient (Wildman–Crippen LogP) is 4.19. The molecule has 4 aliphatic rings. The van der Waals surface area contributed by atoms with Crippen LogP contribution in [0, 0.1) is 0 Å². The lowest BCUT2D eigenvalue weighted by Gasteiger charge is -2.40. The number of rotatable bonds is 3. The molecule has 0 aromatic heterocycles. The van der Waals surface area contributed by atoms with E-state index in [4.69, 9.17) is 10.7 Å². The maximum atomic E-state index is 13.8. The van der Waals surface area contributed by atoms with Crippen molar-refractivity contribution in [2.45, 2.75) is 88.4 Å². The molecule has 0 saturated carbocycles. The Bertz CT molecular complexity index is 1270. The number of nitrogens with two attached hydrogens (primary N) is 1. The number of alkyl halides is 2. The molecule has 4 N–H and O–H groups in total. The molecule has 1 aliphatic carbocycles. The van der Waals surface area contributed by atoms with Crippen LogP contribution in [0.3, 0.4) is 0 Å². The molecule has 3 aliphatic heterocycles. The summed E-state index contributed by atoms with van der Waals surface area (Å²) in [6.45, 7) is 1.97. The van der Waals surface area contributed by atoms with Crippen molar-refractivity contribution in [2.24, 2.45) is 10.7 Å². The van der Waals surface area contributed by atoms with Gasteiger partial charge in [0.15, 0.2) is 5.96 Å². The lowest BCUT2D eigenvalue weighted by Crippen LogP contribution is -2.53. The van der Waals surface area contributed by atoms with Gasteiger partial charge in [-0.1, -0.05) is 43.7 Å². The summed E-state index contributed by atoms with van der Waals surface area (Å²) < 4.78 is 27.5. The number of carbonyl (C=O) groups is 2. The van der Waals surface area contributed by atoms with Crippen molar-refractivity contribution in [3.8, 4) is 0 Å². The van der Waals surface area contributed by atoms with E-state index >= 15 is 0 Å². The Hall–Kier alpha value is -3.33. The first-order valence-electron chi connectivity index (χ1n) is 13.4. The van der Waals surface area contributed by atoms with E-state index in [1.165, 1.54) is 11.0 Å². The molecule has 0 spiro atoms. The number of aliphatic hydroxyl groups excluding tert-OH is 1. The molecule has 2 aromatic carbocycles. The monoisotopic (exact) mass is 524 g/mol. The van der Waals surface area contributed by atoms with Crippen LogP contribution in [0.4, 0.5) is 8.78 Å². The van der Waals surface area contributed by atoms with Crippen molar-refractivity contribution in [1.29, 1.82) is 0 Å². The number of nitrogens with zero attached hydrogens (tertiary/aromatic N) is 2. The largest absolute Gasteiger partial charge is 0.390 e. The molecule has 9 heteroatoms. The van der Waals surface area contributed by atoms with Gasteiger partial charge in [-0.15, -0.1) is 0 Å². The van der Waals surface area contributed by atoms with E-state index in [0.717, 1.165) is 36.0 Å². The molecular formula is C29H34F2N4O3. The highest BCUT2D eigenvalue weighted by molar-refractivity contribution is 6.00. The highest BCUT2D eigenvalue weighted by Gasteiger charge is 2.42. The SMILES string of the molecule is CC[C@@]12CCCCc3ccc4c(c3)[C@@H](NC(=O)c3cccc(c3)C(CC(F)F)N(C(=O)C1)C(N)=N2)[C@H](O)C4. The van der Waals surface area contributed by atoms with E-state index in [9.17, 15) is 23.5 Å². The Labute approximate surface area is 221 Å². The number of aliphatic hydroxyl groups is 1. The summed E-state index contributed by atoms with van der Waals surface area (Å²) in [6.07, 6.45) is 0.226. The number of aryl methyl sites for hydroxylation is 1. The number of benzene rings is 2. The third-order valence-electron chi connectivity index (χ3n) is 8.26. The average Bonchev–Trinajstić information content (AvgIpc) is 3.19. The molecule has 7 nitrogen and oxygen atoms in total. The van der Waals surface area contributed by atoms with Crippen molar-refractivity contribution in [3.05, 3.63) is 70.3 Å². The number of fused-ring (bicyclic) bond motifs is 5. The van der Waals surface area contributed by atoms with Crippen LogP contribution in [0.1, 0.15) is 90.1 Å². The molecular weight excluding hydrogens is 490 g/mol. The molecule has 1 unspecified atom stereocenters. The molecule has 0 fully saturated rings. The van der Waals surface area contributed by atoms with Crippen LogP contribution >= 0.6 is 0 Å². The van der Waals surface area contributed by atoms with E-state index in [2.05, 4.69) is 17.4 Å². The third-order valence-corrected chi connectivity index (χ3v) is 8.26. The molecule has 2 amide bonds. The van der Waals surface area contributed by atoms with Gasteiger partial charge in [0.25, 0.3) is 5.91 Å². The van der Waals surface area contributed by atoms with Gasteiger partial charge in [-0.2, -0.15) is 0 Å². The van der Waals surface area contributed by atoms with Crippen molar-refractivity contribution in [3.63, 3.8) is 0 Å². The number of amides is 2. The van der Waals surface area contributed by atoms with Crippen LogP contribution in [0.2, 0.25) is 0 Å². The Morgan fingerprint density at radius 3 is 2.76 bits per heavy atom. The molecule has 0 saturated heterocycles. The minimum absolute atomic E-state index is 0.0565. The number of hydrogen-bond donors (Lipinski definition) is 3. The second-order valence-electron chi connectivity index (χ2n) is 10.7. The van der Waals surface area contributed by atoms with Gasteiger partial charge in [-0.25, -0.2) is 13.8 Å². The van der Waals surface area contributed by atoms with E-state index in [-0.39, 0.29) is 23.9 Å². The van der Waals surface area contributed by atoms with Crippen molar-refractivity contribution >= 4 is 17.8 Å². The first-order chi connectivity index (χ1) is 18.2. The van der Waals surface area contributed by atoms with Gasteiger partial charge >= 0.3 is 0 Å². The molecule has 38 heavy (non-hydrogen) atoms. The molecule has 202 valence electrons. The molecule has 3 heterocycles. The third kappa shape index (κ3) is 5.04. The van der Waals surface area contributed by atoms with Crippen LogP contribution in [0.25, 0.3) is 0 Å². The van der Waals surface area contributed by atoms with Gasteiger partial charge in [0.1, 0.15) is 0 Å². The zero-order chi connectivity index (χ0) is 27.0. The Balaban J connectivity index is 1.58.